The van der Waals surface area contributed by atoms with Crippen LogP contribution in [0, 0.1) is 0 Å². The first-order chi connectivity index (χ1) is 9.21. The number of likely N-dealkylation sites (tertiary alicyclic amines) is 1. The van der Waals surface area contributed by atoms with Crippen LogP contribution in [-0.2, 0) is 13.2 Å². The van der Waals surface area contributed by atoms with Gasteiger partial charge in [-0.05, 0) is 33.1 Å². The van der Waals surface area contributed by atoms with E-state index in [1.807, 2.05) is 13.8 Å². The van der Waals surface area contributed by atoms with Crippen LogP contribution in [0.3, 0.4) is 0 Å². The third-order valence-electron chi connectivity index (χ3n) is 3.82. The van der Waals surface area contributed by atoms with E-state index < -0.39 is 11.9 Å². The van der Waals surface area contributed by atoms with E-state index in [4.69, 9.17) is 0 Å². The molecule has 0 unspecified atom stereocenters. The number of aromatic nitrogens is 2. The number of piperidine rings is 1. The lowest BCUT2D eigenvalue weighted by Gasteiger charge is -2.38. The lowest BCUT2D eigenvalue weighted by atomic mass is 9.97. The van der Waals surface area contributed by atoms with Crippen molar-refractivity contribution >= 4 is 5.91 Å². The molecule has 20 heavy (non-hydrogen) atoms. The van der Waals surface area contributed by atoms with Crippen LogP contribution in [0.2, 0.25) is 0 Å². The van der Waals surface area contributed by atoms with Gasteiger partial charge in [-0.1, -0.05) is 0 Å². The monoisotopic (exact) mass is 289 g/mol. The zero-order chi connectivity index (χ0) is 15.1. The Morgan fingerprint density at radius 1 is 1.30 bits per heavy atom. The third kappa shape index (κ3) is 2.66. The molecule has 0 radical (unpaired) electrons. The van der Waals surface area contributed by atoms with Gasteiger partial charge in [-0.2, -0.15) is 18.3 Å². The Labute approximate surface area is 115 Å². The lowest BCUT2D eigenvalue weighted by Crippen LogP contribution is -2.48. The number of hydrogen-bond donors (Lipinski definition) is 0. The van der Waals surface area contributed by atoms with E-state index in [2.05, 4.69) is 5.10 Å². The lowest BCUT2D eigenvalue weighted by molar-refractivity contribution is -0.141. The van der Waals surface area contributed by atoms with Crippen molar-refractivity contribution in [1.82, 2.24) is 14.7 Å². The second kappa shape index (κ2) is 5.10. The van der Waals surface area contributed by atoms with Gasteiger partial charge in [0, 0.05) is 25.2 Å². The van der Waals surface area contributed by atoms with Crippen molar-refractivity contribution in [2.75, 3.05) is 0 Å². The summed E-state index contributed by atoms with van der Waals surface area (Å²) in [5.41, 5.74) is -1.04. The van der Waals surface area contributed by atoms with Crippen LogP contribution in [0.15, 0.2) is 6.07 Å². The minimum absolute atomic E-state index is 0.0158. The van der Waals surface area contributed by atoms with Gasteiger partial charge in [0.2, 0.25) is 0 Å². The minimum Gasteiger partial charge on any atom is -0.332 e. The van der Waals surface area contributed by atoms with Gasteiger partial charge in [-0.15, -0.1) is 0 Å². The fourth-order valence-electron chi connectivity index (χ4n) is 2.76. The fraction of sp³-hybridized carbons (Fsp3) is 0.692. The molecule has 0 aliphatic carbocycles. The molecule has 1 fully saturated rings. The molecule has 0 N–H and O–H groups in total. The normalized spacial score (nSPS) is 24.0. The Bertz CT molecular complexity index is 499. The number of nitrogens with zero attached hydrogens (tertiary/aromatic N) is 3. The Hall–Kier alpha value is -1.53. The van der Waals surface area contributed by atoms with Crippen molar-refractivity contribution in [3.05, 3.63) is 17.5 Å². The number of amides is 1. The number of aryl methyl sites for hydroxylation is 1. The summed E-state index contributed by atoms with van der Waals surface area (Å²) in [7, 11) is 1.36. The van der Waals surface area contributed by atoms with Crippen LogP contribution in [0.4, 0.5) is 13.2 Å². The second-order valence-corrected chi connectivity index (χ2v) is 5.38. The molecule has 2 rings (SSSR count). The van der Waals surface area contributed by atoms with Crippen molar-refractivity contribution in [2.24, 2.45) is 7.05 Å². The highest BCUT2D eigenvalue weighted by Crippen LogP contribution is 2.30. The van der Waals surface area contributed by atoms with Gasteiger partial charge in [0.25, 0.3) is 5.91 Å². The van der Waals surface area contributed by atoms with Crippen molar-refractivity contribution in [1.29, 1.82) is 0 Å². The number of rotatable bonds is 1. The molecule has 4 nitrogen and oxygen atoms in total. The first-order valence-corrected chi connectivity index (χ1v) is 6.65. The SMILES string of the molecule is C[C@H]1CCC[C@H](C)N1C(=O)c1cc(C(F)(F)F)nn1C. The van der Waals surface area contributed by atoms with Gasteiger partial charge in [-0.3, -0.25) is 9.48 Å². The van der Waals surface area contributed by atoms with Gasteiger partial charge in [0.1, 0.15) is 5.69 Å². The van der Waals surface area contributed by atoms with Crippen LogP contribution >= 0.6 is 0 Å². The summed E-state index contributed by atoms with van der Waals surface area (Å²) in [5, 5.41) is 3.39. The quantitative estimate of drug-likeness (QED) is 0.797. The number of halogens is 3. The first kappa shape index (κ1) is 14.9. The van der Waals surface area contributed by atoms with Crippen LogP contribution in [0.1, 0.15) is 49.3 Å². The summed E-state index contributed by atoms with van der Waals surface area (Å²) in [5.74, 6) is -0.379. The molecule has 1 aliphatic heterocycles. The Balaban J connectivity index is 2.31. The molecule has 112 valence electrons. The maximum atomic E-state index is 12.6. The summed E-state index contributed by atoms with van der Waals surface area (Å²) in [6.07, 6.45) is -1.75. The highest BCUT2D eigenvalue weighted by Gasteiger charge is 2.37. The molecular weight excluding hydrogens is 271 g/mol. The van der Waals surface area contributed by atoms with Gasteiger partial charge in [-0.25, -0.2) is 0 Å². The minimum atomic E-state index is -4.53. The average molecular weight is 289 g/mol. The number of alkyl halides is 3. The van der Waals surface area contributed by atoms with Gasteiger partial charge >= 0.3 is 6.18 Å². The van der Waals surface area contributed by atoms with Crippen molar-refractivity contribution < 1.29 is 18.0 Å². The predicted molar refractivity (Wildman–Crippen MR) is 67.2 cm³/mol. The second-order valence-electron chi connectivity index (χ2n) is 5.38. The molecule has 2 heterocycles. The summed E-state index contributed by atoms with van der Waals surface area (Å²) < 4.78 is 38.9. The zero-order valence-electron chi connectivity index (χ0n) is 11.7. The van der Waals surface area contributed by atoms with Crippen LogP contribution in [0.25, 0.3) is 0 Å². The predicted octanol–water partition coefficient (Wildman–Crippen LogP) is 2.84. The van der Waals surface area contributed by atoms with Crippen LogP contribution in [0.5, 0.6) is 0 Å². The summed E-state index contributed by atoms with van der Waals surface area (Å²) in [6, 6.07) is 0.905. The van der Waals surface area contributed by atoms with E-state index in [0.717, 1.165) is 30.0 Å². The Morgan fingerprint density at radius 2 is 1.85 bits per heavy atom. The molecule has 1 saturated heterocycles. The standard InChI is InChI=1S/C13H18F3N3O/c1-8-5-4-6-9(2)19(8)12(20)10-7-11(13(14,15)16)17-18(10)3/h7-9H,4-6H2,1-3H3/t8-,9-/m0/s1. The summed E-state index contributed by atoms with van der Waals surface area (Å²) >= 11 is 0. The van der Waals surface area contributed by atoms with E-state index in [9.17, 15) is 18.0 Å². The first-order valence-electron chi connectivity index (χ1n) is 6.65. The molecule has 1 aliphatic rings. The number of carbonyl (C=O) groups is 1. The molecule has 0 aromatic carbocycles. The smallest absolute Gasteiger partial charge is 0.332 e. The maximum Gasteiger partial charge on any atom is 0.435 e. The fourth-order valence-corrected chi connectivity index (χ4v) is 2.76. The van der Waals surface area contributed by atoms with Crippen molar-refractivity contribution in [3.63, 3.8) is 0 Å². The van der Waals surface area contributed by atoms with Crippen molar-refractivity contribution in [3.8, 4) is 0 Å². The van der Waals surface area contributed by atoms with Crippen molar-refractivity contribution in [2.45, 2.75) is 51.4 Å². The molecular formula is C13H18F3N3O. The molecule has 7 heteroatoms. The molecule has 2 atom stereocenters. The molecule has 1 aromatic rings. The largest absolute Gasteiger partial charge is 0.435 e. The molecule has 0 saturated carbocycles. The van der Waals surface area contributed by atoms with Gasteiger partial charge in [0.15, 0.2) is 5.69 Å². The van der Waals surface area contributed by atoms with E-state index in [-0.39, 0.29) is 23.7 Å². The third-order valence-corrected chi connectivity index (χ3v) is 3.82. The van der Waals surface area contributed by atoms with Gasteiger partial charge < -0.3 is 4.90 Å². The Kier molecular flexibility index (Phi) is 3.80. The molecule has 0 bridgehead atoms. The number of carbonyl (C=O) groups excluding carboxylic acids is 1. The van der Waals surface area contributed by atoms with E-state index in [1.54, 1.807) is 4.90 Å². The molecule has 1 aromatic heterocycles. The molecule has 1 amide bonds. The van der Waals surface area contributed by atoms with Crippen LogP contribution < -0.4 is 0 Å². The van der Waals surface area contributed by atoms with Crippen LogP contribution in [-0.4, -0.2) is 32.7 Å². The maximum absolute atomic E-state index is 12.6. The number of hydrogen-bond acceptors (Lipinski definition) is 2. The topological polar surface area (TPSA) is 38.1 Å². The highest BCUT2D eigenvalue weighted by molar-refractivity contribution is 5.93. The highest BCUT2D eigenvalue weighted by atomic mass is 19.4. The van der Waals surface area contributed by atoms with E-state index in [1.165, 1.54) is 7.05 Å². The molecule has 0 spiro atoms. The van der Waals surface area contributed by atoms with E-state index >= 15 is 0 Å². The zero-order valence-corrected chi connectivity index (χ0v) is 11.7. The van der Waals surface area contributed by atoms with Gasteiger partial charge in [0.05, 0.1) is 0 Å². The Morgan fingerprint density at radius 3 is 2.30 bits per heavy atom. The average Bonchev–Trinajstić information content (AvgIpc) is 2.70. The summed E-state index contributed by atoms with van der Waals surface area (Å²) in [4.78, 5) is 14.1. The summed E-state index contributed by atoms with van der Waals surface area (Å²) in [6.45, 7) is 3.85. The van der Waals surface area contributed by atoms with E-state index in [0.29, 0.717) is 0 Å².